The van der Waals surface area contributed by atoms with Gasteiger partial charge in [-0.3, -0.25) is 14.5 Å². The number of benzene rings is 1. The number of hydrogen-bond acceptors (Lipinski definition) is 5. The van der Waals surface area contributed by atoms with E-state index in [9.17, 15) is 9.59 Å². The lowest BCUT2D eigenvalue weighted by atomic mass is 10.0. The number of nitrogens with zero attached hydrogens (tertiary/aromatic N) is 4. The first-order valence-corrected chi connectivity index (χ1v) is 10.4. The van der Waals surface area contributed by atoms with Crippen molar-refractivity contribution in [2.75, 3.05) is 26.2 Å². The van der Waals surface area contributed by atoms with Gasteiger partial charge in [-0.1, -0.05) is 30.3 Å². The molecule has 3 aliphatic rings. The van der Waals surface area contributed by atoms with E-state index in [0.717, 1.165) is 48.7 Å². The monoisotopic (exact) mass is 382 g/mol. The van der Waals surface area contributed by atoms with Crippen LogP contribution in [-0.2, 0) is 16.1 Å². The Bertz CT molecular complexity index is 868. The zero-order valence-corrected chi connectivity index (χ0v) is 15.9. The highest BCUT2D eigenvalue weighted by molar-refractivity contribution is 7.09. The number of fused-ring (bicyclic) bond motifs is 2. The molecule has 0 radical (unpaired) electrons. The first kappa shape index (κ1) is 16.9. The van der Waals surface area contributed by atoms with Gasteiger partial charge in [0.05, 0.1) is 12.2 Å². The van der Waals surface area contributed by atoms with Gasteiger partial charge in [-0.2, -0.15) is 0 Å². The number of carbonyl (C=O) groups excluding carboxylic acids is 2. The molecular formula is C20H22N4O2S. The minimum atomic E-state index is -0.325. The van der Waals surface area contributed by atoms with Crippen LogP contribution in [0.4, 0.5) is 0 Å². The second-order valence-electron chi connectivity index (χ2n) is 7.46. The first-order valence-electron chi connectivity index (χ1n) is 9.54. The van der Waals surface area contributed by atoms with Crippen LogP contribution in [0.15, 0.2) is 35.7 Å². The Hall–Kier alpha value is -2.25. The average molecular weight is 382 g/mol. The van der Waals surface area contributed by atoms with Gasteiger partial charge < -0.3 is 9.80 Å². The van der Waals surface area contributed by atoms with Gasteiger partial charge in [0.2, 0.25) is 11.8 Å². The number of thiazole rings is 1. The fourth-order valence-electron chi connectivity index (χ4n) is 4.44. The summed E-state index contributed by atoms with van der Waals surface area (Å²) in [4.78, 5) is 36.2. The van der Waals surface area contributed by atoms with Crippen molar-refractivity contribution in [3.8, 4) is 11.3 Å². The van der Waals surface area contributed by atoms with Crippen LogP contribution in [0.3, 0.4) is 0 Å². The van der Waals surface area contributed by atoms with E-state index in [1.54, 1.807) is 11.3 Å². The predicted octanol–water partition coefficient (Wildman–Crippen LogP) is 1.83. The van der Waals surface area contributed by atoms with E-state index < -0.39 is 0 Å². The topological polar surface area (TPSA) is 56.8 Å². The normalized spacial score (nSPS) is 25.6. The van der Waals surface area contributed by atoms with Gasteiger partial charge in [0, 0.05) is 37.1 Å². The number of hydrogen-bond donors (Lipinski definition) is 0. The van der Waals surface area contributed by atoms with Gasteiger partial charge in [0.1, 0.15) is 17.1 Å². The Labute approximate surface area is 162 Å². The standard InChI is InChI=1S/C20H22N4O2S/c25-19-16-7-4-8-23(16)20(26)17-11-22(9-10-24(17)19)12-18-21-15(13-27-18)14-5-2-1-3-6-14/h1-3,5-6,13,16-17H,4,7-12H2/t16-,17+/m0/s1. The summed E-state index contributed by atoms with van der Waals surface area (Å²) < 4.78 is 0. The molecule has 0 aliphatic carbocycles. The molecule has 3 aliphatic heterocycles. The van der Waals surface area contributed by atoms with Crippen LogP contribution < -0.4 is 0 Å². The second kappa shape index (κ2) is 6.73. The number of piperazine rings is 2. The van der Waals surface area contributed by atoms with Crippen molar-refractivity contribution in [2.45, 2.75) is 31.5 Å². The third-order valence-corrected chi connectivity index (χ3v) is 6.67. The van der Waals surface area contributed by atoms with Crippen molar-refractivity contribution in [1.29, 1.82) is 0 Å². The molecule has 0 bridgehead atoms. The van der Waals surface area contributed by atoms with Gasteiger partial charge in [0.25, 0.3) is 0 Å². The summed E-state index contributed by atoms with van der Waals surface area (Å²) in [6.45, 7) is 3.49. The maximum Gasteiger partial charge on any atom is 0.247 e. The molecule has 7 heteroatoms. The fourth-order valence-corrected chi connectivity index (χ4v) is 5.29. The smallest absolute Gasteiger partial charge is 0.247 e. The summed E-state index contributed by atoms with van der Waals surface area (Å²) in [6, 6.07) is 9.65. The van der Waals surface area contributed by atoms with E-state index in [1.165, 1.54) is 0 Å². The van der Waals surface area contributed by atoms with Crippen LogP contribution in [-0.4, -0.2) is 69.8 Å². The lowest BCUT2D eigenvalue weighted by Gasteiger charge is -2.47. The van der Waals surface area contributed by atoms with Crippen molar-refractivity contribution >= 4 is 23.2 Å². The number of amides is 2. The first-order chi connectivity index (χ1) is 13.2. The molecule has 2 aromatic rings. The minimum absolute atomic E-state index is 0.130. The summed E-state index contributed by atoms with van der Waals surface area (Å²) in [6.07, 6.45) is 1.76. The molecule has 6 nitrogen and oxygen atoms in total. The lowest BCUT2D eigenvalue weighted by molar-refractivity contribution is -0.163. The zero-order valence-electron chi connectivity index (χ0n) is 15.1. The average Bonchev–Trinajstić information content (AvgIpc) is 3.37. The highest BCUT2D eigenvalue weighted by Crippen LogP contribution is 2.29. The Balaban J connectivity index is 1.29. The highest BCUT2D eigenvalue weighted by atomic mass is 32.1. The van der Waals surface area contributed by atoms with E-state index in [0.29, 0.717) is 13.1 Å². The van der Waals surface area contributed by atoms with Crippen LogP contribution in [0.5, 0.6) is 0 Å². The van der Waals surface area contributed by atoms with Crippen LogP contribution in [0.25, 0.3) is 11.3 Å². The van der Waals surface area contributed by atoms with E-state index in [2.05, 4.69) is 22.4 Å². The Morgan fingerprint density at radius 2 is 1.78 bits per heavy atom. The number of rotatable bonds is 3. The third-order valence-electron chi connectivity index (χ3n) is 5.83. The van der Waals surface area contributed by atoms with Crippen molar-refractivity contribution in [3.05, 3.63) is 40.7 Å². The molecule has 3 fully saturated rings. The van der Waals surface area contributed by atoms with Crippen LogP contribution in [0.1, 0.15) is 17.8 Å². The largest absolute Gasteiger partial charge is 0.329 e. The van der Waals surface area contributed by atoms with E-state index in [4.69, 9.17) is 4.98 Å². The number of aromatic nitrogens is 1. The van der Waals surface area contributed by atoms with Crippen molar-refractivity contribution < 1.29 is 9.59 Å². The van der Waals surface area contributed by atoms with Gasteiger partial charge in [0.15, 0.2) is 0 Å². The molecule has 1 aromatic heterocycles. The van der Waals surface area contributed by atoms with Crippen LogP contribution >= 0.6 is 11.3 Å². The summed E-state index contributed by atoms with van der Waals surface area (Å²) in [5, 5.41) is 3.14. The summed E-state index contributed by atoms with van der Waals surface area (Å²) in [5.41, 5.74) is 2.12. The second-order valence-corrected chi connectivity index (χ2v) is 8.41. The molecule has 140 valence electrons. The summed E-state index contributed by atoms with van der Waals surface area (Å²) in [7, 11) is 0. The molecule has 5 rings (SSSR count). The Morgan fingerprint density at radius 3 is 2.63 bits per heavy atom. The molecule has 0 N–H and O–H groups in total. The van der Waals surface area contributed by atoms with Gasteiger partial charge in [-0.25, -0.2) is 4.98 Å². The minimum Gasteiger partial charge on any atom is -0.329 e. The van der Waals surface area contributed by atoms with E-state index >= 15 is 0 Å². The molecule has 27 heavy (non-hydrogen) atoms. The third kappa shape index (κ3) is 2.95. The van der Waals surface area contributed by atoms with Crippen LogP contribution in [0.2, 0.25) is 0 Å². The molecular weight excluding hydrogens is 360 g/mol. The molecule has 2 amide bonds. The van der Waals surface area contributed by atoms with E-state index in [1.807, 2.05) is 28.0 Å². The molecule has 4 heterocycles. The molecule has 0 saturated carbocycles. The van der Waals surface area contributed by atoms with Crippen molar-refractivity contribution in [3.63, 3.8) is 0 Å². The van der Waals surface area contributed by atoms with Crippen molar-refractivity contribution in [2.24, 2.45) is 0 Å². The highest BCUT2D eigenvalue weighted by Gasteiger charge is 2.49. The molecule has 0 unspecified atom stereocenters. The molecule has 3 saturated heterocycles. The van der Waals surface area contributed by atoms with Gasteiger partial charge in [-0.15, -0.1) is 11.3 Å². The summed E-state index contributed by atoms with van der Waals surface area (Å²) in [5.74, 6) is 0.281. The zero-order chi connectivity index (χ0) is 18.4. The molecule has 1 aromatic carbocycles. The summed E-state index contributed by atoms with van der Waals surface area (Å²) >= 11 is 1.66. The van der Waals surface area contributed by atoms with E-state index in [-0.39, 0.29) is 23.9 Å². The van der Waals surface area contributed by atoms with Crippen LogP contribution in [0, 0.1) is 0 Å². The Morgan fingerprint density at radius 1 is 1.00 bits per heavy atom. The van der Waals surface area contributed by atoms with Gasteiger partial charge in [-0.05, 0) is 12.8 Å². The van der Waals surface area contributed by atoms with Gasteiger partial charge >= 0.3 is 0 Å². The lowest BCUT2D eigenvalue weighted by Crippen LogP contribution is -2.68. The molecule has 2 atom stereocenters. The molecule has 0 spiro atoms. The maximum atomic E-state index is 12.9. The Kier molecular flexibility index (Phi) is 4.21. The predicted molar refractivity (Wildman–Crippen MR) is 103 cm³/mol. The quantitative estimate of drug-likeness (QED) is 0.813. The maximum absolute atomic E-state index is 12.9. The fraction of sp³-hybridized carbons (Fsp3) is 0.450. The van der Waals surface area contributed by atoms with Crippen molar-refractivity contribution in [1.82, 2.24) is 19.7 Å². The number of carbonyl (C=O) groups is 2. The SMILES string of the molecule is O=C1[C@@H]2CCCN2C(=O)[C@H]2CN(Cc3nc(-c4ccccc4)cs3)CCN12.